The predicted octanol–water partition coefficient (Wildman–Crippen LogP) is 9.93. The van der Waals surface area contributed by atoms with E-state index < -0.39 is 0 Å². The van der Waals surface area contributed by atoms with E-state index in [1.54, 1.807) is 22.9 Å². The first kappa shape index (κ1) is 32.1. The fourth-order valence-electron chi connectivity index (χ4n) is 6.06. The number of carbonyl (C=O) groups excluding carboxylic acids is 1. The zero-order valence-corrected chi connectivity index (χ0v) is 28.2. The zero-order chi connectivity index (χ0) is 35.1. The maximum absolute atomic E-state index is 12.7. The quantitative estimate of drug-likeness (QED) is 0.101. The van der Waals surface area contributed by atoms with Gasteiger partial charge < -0.3 is 4.74 Å². The molecular formula is C45H33N5O2. The first-order chi connectivity index (χ1) is 25.7. The number of carbonyl (C=O) groups is 1. The molecule has 7 heteroatoms. The first-order valence-electron chi connectivity index (χ1n) is 17.0. The monoisotopic (exact) mass is 675 g/mol. The molecule has 0 N–H and O–H groups in total. The Morgan fingerprint density at radius 3 is 1.90 bits per heavy atom. The predicted molar refractivity (Wildman–Crippen MR) is 205 cm³/mol. The van der Waals surface area contributed by atoms with E-state index in [9.17, 15) is 4.79 Å². The molecule has 0 unspecified atom stereocenters. The summed E-state index contributed by atoms with van der Waals surface area (Å²) in [7, 11) is 0. The van der Waals surface area contributed by atoms with Gasteiger partial charge in [-0.3, -0.25) is 9.36 Å². The zero-order valence-electron chi connectivity index (χ0n) is 28.2. The highest BCUT2D eigenvalue weighted by Gasteiger charge is 2.22. The summed E-state index contributed by atoms with van der Waals surface area (Å²) in [6, 6.07) is 56.1. The third-order valence-electron chi connectivity index (χ3n) is 8.67. The largest absolute Gasteiger partial charge is 0.487 e. The van der Waals surface area contributed by atoms with Gasteiger partial charge >= 0.3 is 0 Å². The van der Waals surface area contributed by atoms with Crippen LogP contribution in [0.1, 0.15) is 21.6 Å². The van der Waals surface area contributed by atoms with Crippen LogP contribution in [0.3, 0.4) is 0 Å². The van der Waals surface area contributed by atoms with Crippen LogP contribution >= 0.6 is 0 Å². The second-order valence-corrected chi connectivity index (χ2v) is 12.2. The average molecular weight is 676 g/mol. The SMILES string of the molecule is O=C(C=Cc1ccccc1)c1ccc(-n2cc(COc3ccc(-c4nc(-c5ccccc5)c(-c5ccccc5)n4-c4ccccc4)cc3)nn2)cc1. The van der Waals surface area contributed by atoms with Crippen molar-refractivity contribution in [2.75, 3.05) is 0 Å². The summed E-state index contributed by atoms with van der Waals surface area (Å²) in [5, 5.41) is 8.58. The third-order valence-corrected chi connectivity index (χ3v) is 8.67. The number of hydrogen-bond acceptors (Lipinski definition) is 5. The van der Waals surface area contributed by atoms with Crippen LogP contribution in [0, 0.1) is 0 Å². The Morgan fingerprint density at radius 2 is 1.23 bits per heavy atom. The van der Waals surface area contributed by atoms with Crippen LogP contribution in [0.5, 0.6) is 5.75 Å². The molecule has 0 atom stereocenters. The molecule has 0 saturated heterocycles. The smallest absolute Gasteiger partial charge is 0.185 e. The molecule has 0 bridgehead atoms. The van der Waals surface area contributed by atoms with Crippen molar-refractivity contribution in [1.82, 2.24) is 24.5 Å². The van der Waals surface area contributed by atoms with Crippen LogP contribution in [0.15, 0.2) is 182 Å². The van der Waals surface area contributed by atoms with E-state index in [4.69, 9.17) is 9.72 Å². The summed E-state index contributed by atoms with van der Waals surface area (Å²) in [5.74, 6) is 1.47. The number of ether oxygens (including phenoxy) is 1. The van der Waals surface area contributed by atoms with E-state index in [-0.39, 0.29) is 12.4 Å². The van der Waals surface area contributed by atoms with Crippen molar-refractivity contribution < 1.29 is 9.53 Å². The Balaban J connectivity index is 1.01. The third kappa shape index (κ3) is 6.97. The Morgan fingerprint density at radius 1 is 0.615 bits per heavy atom. The Labute approximate surface area is 301 Å². The van der Waals surface area contributed by atoms with E-state index in [0.717, 1.165) is 50.8 Å². The molecule has 7 nitrogen and oxygen atoms in total. The summed E-state index contributed by atoms with van der Waals surface area (Å²) in [6.07, 6.45) is 5.23. The van der Waals surface area contributed by atoms with E-state index in [2.05, 4.69) is 63.4 Å². The standard InChI is InChI=1S/C45H33N5O2/c51-42(30-21-33-13-5-1-6-14-33)34-22-26-39(27-23-34)49-31-38(47-48-49)32-52-41-28-24-37(25-29-41)45-46-43(35-15-7-2-8-16-35)44(36-17-9-3-10-18-36)50(45)40-19-11-4-12-20-40/h1-31H,32H2. The molecule has 250 valence electrons. The minimum Gasteiger partial charge on any atom is -0.487 e. The van der Waals surface area contributed by atoms with Gasteiger partial charge in [0.1, 0.15) is 23.9 Å². The second-order valence-electron chi connectivity index (χ2n) is 12.2. The van der Waals surface area contributed by atoms with Gasteiger partial charge in [0.05, 0.1) is 23.3 Å². The van der Waals surface area contributed by atoms with Crippen LogP contribution in [0.2, 0.25) is 0 Å². The van der Waals surface area contributed by atoms with Gasteiger partial charge in [0, 0.05) is 27.9 Å². The highest BCUT2D eigenvalue weighted by Crippen LogP contribution is 2.38. The molecule has 0 aliphatic heterocycles. The molecule has 0 aliphatic carbocycles. The number of rotatable bonds is 11. The van der Waals surface area contributed by atoms with Gasteiger partial charge in [0.2, 0.25) is 0 Å². The number of nitrogens with zero attached hydrogens (tertiary/aromatic N) is 5. The molecule has 0 spiro atoms. The topological polar surface area (TPSA) is 74.8 Å². The van der Waals surface area contributed by atoms with Gasteiger partial charge in [-0.25, -0.2) is 9.67 Å². The average Bonchev–Trinajstić information content (AvgIpc) is 3.87. The fraction of sp³-hybridized carbons (Fsp3) is 0.0222. The van der Waals surface area contributed by atoms with Crippen molar-refractivity contribution in [1.29, 1.82) is 0 Å². The molecule has 52 heavy (non-hydrogen) atoms. The summed E-state index contributed by atoms with van der Waals surface area (Å²) in [6.45, 7) is 0.245. The second kappa shape index (κ2) is 14.8. The highest BCUT2D eigenvalue weighted by atomic mass is 16.5. The van der Waals surface area contributed by atoms with Gasteiger partial charge in [-0.1, -0.05) is 120 Å². The lowest BCUT2D eigenvalue weighted by molar-refractivity contribution is 0.104. The molecule has 0 aliphatic rings. The van der Waals surface area contributed by atoms with Crippen molar-refractivity contribution >= 4 is 11.9 Å². The molecule has 2 heterocycles. The molecule has 2 aromatic heterocycles. The van der Waals surface area contributed by atoms with Crippen LogP contribution in [0.25, 0.3) is 51.4 Å². The molecule has 0 amide bonds. The molecule has 0 fully saturated rings. The number of para-hydroxylation sites is 1. The number of allylic oxidation sites excluding steroid dienone is 1. The number of ketones is 1. The number of benzene rings is 6. The Bertz CT molecular complexity index is 2440. The lowest BCUT2D eigenvalue weighted by Crippen LogP contribution is -2.00. The molecule has 6 aromatic carbocycles. The van der Waals surface area contributed by atoms with Gasteiger partial charge in [0.25, 0.3) is 0 Å². The van der Waals surface area contributed by atoms with Crippen LogP contribution in [-0.4, -0.2) is 30.3 Å². The first-order valence-corrected chi connectivity index (χ1v) is 17.0. The van der Waals surface area contributed by atoms with Crippen molar-refractivity contribution in [2.45, 2.75) is 6.61 Å². The van der Waals surface area contributed by atoms with Crippen molar-refractivity contribution in [3.63, 3.8) is 0 Å². The van der Waals surface area contributed by atoms with Crippen molar-refractivity contribution in [3.05, 3.63) is 199 Å². The number of hydrogen-bond donors (Lipinski definition) is 0. The van der Waals surface area contributed by atoms with E-state index in [0.29, 0.717) is 17.0 Å². The minimum absolute atomic E-state index is 0.0635. The molecule has 8 aromatic rings. The van der Waals surface area contributed by atoms with Gasteiger partial charge in [-0.2, -0.15) is 0 Å². The van der Waals surface area contributed by atoms with Crippen LogP contribution in [0.4, 0.5) is 0 Å². The summed E-state index contributed by atoms with van der Waals surface area (Å²) >= 11 is 0. The van der Waals surface area contributed by atoms with Gasteiger partial charge in [-0.15, -0.1) is 5.10 Å². The van der Waals surface area contributed by atoms with E-state index in [1.807, 2.05) is 121 Å². The van der Waals surface area contributed by atoms with Crippen molar-refractivity contribution in [2.24, 2.45) is 0 Å². The normalized spacial score (nSPS) is 11.2. The Kier molecular flexibility index (Phi) is 9.13. The lowest BCUT2D eigenvalue weighted by atomic mass is 10.0. The number of aromatic nitrogens is 5. The lowest BCUT2D eigenvalue weighted by Gasteiger charge is -2.14. The molecular weight excluding hydrogens is 643 g/mol. The molecule has 8 rings (SSSR count). The summed E-state index contributed by atoms with van der Waals surface area (Å²) in [5.41, 5.74) is 9.10. The minimum atomic E-state index is -0.0635. The van der Waals surface area contributed by atoms with Crippen LogP contribution < -0.4 is 4.74 Å². The van der Waals surface area contributed by atoms with E-state index >= 15 is 0 Å². The Hall–Kier alpha value is -7.12. The highest BCUT2D eigenvalue weighted by molar-refractivity contribution is 6.06. The van der Waals surface area contributed by atoms with Crippen molar-refractivity contribution in [3.8, 4) is 51.0 Å². The van der Waals surface area contributed by atoms with E-state index in [1.165, 1.54) is 0 Å². The fourth-order valence-corrected chi connectivity index (χ4v) is 6.06. The molecule has 0 saturated carbocycles. The van der Waals surface area contributed by atoms with Gasteiger partial charge in [-0.05, 0) is 72.3 Å². The number of imidazole rings is 1. The summed E-state index contributed by atoms with van der Waals surface area (Å²) < 4.78 is 10.0. The maximum atomic E-state index is 12.7. The summed E-state index contributed by atoms with van der Waals surface area (Å²) in [4.78, 5) is 17.9. The molecule has 0 radical (unpaired) electrons. The van der Waals surface area contributed by atoms with Gasteiger partial charge in [0.15, 0.2) is 5.78 Å². The maximum Gasteiger partial charge on any atom is 0.185 e. The van der Waals surface area contributed by atoms with Crippen LogP contribution in [-0.2, 0) is 6.61 Å².